The monoisotopic (exact) mass is 403 g/mol. The van der Waals surface area contributed by atoms with Crippen LogP contribution in [-0.2, 0) is 9.53 Å². The minimum absolute atomic E-state index is 0.145. The summed E-state index contributed by atoms with van der Waals surface area (Å²) in [5, 5.41) is 4.65. The predicted molar refractivity (Wildman–Crippen MR) is 114 cm³/mol. The van der Waals surface area contributed by atoms with Crippen molar-refractivity contribution in [3.05, 3.63) is 71.9 Å². The number of likely N-dealkylation sites (tertiary alicyclic amines) is 1. The number of ether oxygens (including phenoxy) is 1. The van der Waals surface area contributed by atoms with E-state index in [0.717, 1.165) is 42.7 Å². The number of hydrogen-bond acceptors (Lipinski definition) is 4. The number of aromatic nitrogens is 2. The molecule has 1 aliphatic rings. The first kappa shape index (κ1) is 19.9. The van der Waals surface area contributed by atoms with Gasteiger partial charge in [0.2, 0.25) is 0 Å². The number of aryl methyl sites for hydroxylation is 1. The molecule has 1 fully saturated rings. The van der Waals surface area contributed by atoms with Gasteiger partial charge in [0.1, 0.15) is 11.3 Å². The van der Waals surface area contributed by atoms with Crippen LogP contribution in [0.2, 0.25) is 0 Å². The molecule has 1 aromatic heterocycles. The molecule has 2 aromatic carbocycles. The Balaban J connectivity index is 1.64. The molecule has 154 valence electrons. The van der Waals surface area contributed by atoms with E-state index in [4.69, 9.17) is 4.74 Å². The van der Waals surface area contributed by atoms with E-state index in [0.29, 0.717) is 11.3 Å². The van der Waals surface area contributed by atoms with E-state index in [2.05, 4.69) is 5.10 Å². The Labute approximate surface area is 176 Å². The molecule has 0 saturated carbocycles. The summed E-state index contributed by atoms with van der Waals surface area (Å²) < 4.78 is 7.23. The Kier molecular flexibility index (Phi) is 5.65. The lowest BCUT2D eigenvalue weighted by Gasteiger charge is -2.20. The summed E-state index contributed by atoms with van der Waals surface area (Å²) in [5.41, 5.74) is 3.67. The molecule has 1 amide bonds. The van der Waals surface area contributed by atoms with Crippen molar-refractivity contribution in [3.8, 4) is 16.9 Å². The highest BCUT2D eigenvalue weighted by molar-refractivity contribution is 5.97. The van der Waals surface area contributed by atoms with Crippen LogP contribution in [0.3, 0.4) is 0 Å². The van der Waals surface area contributed by atoms with Crippen molar-refractivity contribution >= 4 is 11.9 Å². The molecule has 1 unspecified atom stereocenters. The Morgan fingerprint density at radius 3 is 2.33 bits per heavy atom. The fourth-order valence-corrected chi connectivity index (χ4v) is 3.63. The van der Waals surface area contributed by atoms with Gasteiger partial charge >= 0.3 is 5.97 Å². The van der Waals surface area contributed by atoms with Gasteiger partial charge < -0.3 is 9.64 Å². The standard InChI is InChI=1S/C24H25N3O3/c1-17-10-12-20(13-11-17)27-16-21(22(25-27)19-8-4-3-5-9-19)24(29)30-18(2)23(28)26-14-6-7-15-26/h3-5,8-13,16,18H,6-7,14-15H2,1-2H3. The molecular formula is C24H25N3O3. The molecule has 1 atom stereocenters. The third kappa shape index (κ3) is 4.13. The molecule has 1 saturated heterocycles. The Morgan fingerprint density at radius 1 is 1.00 bits per heavy atom. The number of carbonyl (C=O) groups is 2. The number of hydrogen-bond donors (Lipinski definition) is 0. The van der Waals surface area contributed by atoms with Crippen molar-refractivity contribution < 1.29 is 14.3 Å². The second kappa shape index (κ2) is 8.53. The van der Waals surface area contributed by atoms with Crippen LogP contribution in [0.5, 0.6) is 0 Å². The molecule has 4 rings (SSSR count). The fraction of sp³-hybridized carbons (Fsp3) is 0.292. The van der Waals surface area contributed by atoms with Crippen LogP contribution < -0.4 is 0 Å². The van der Waals surface area contributed by atoms with Crippen molar-refractivity contribution in [2.45, 2.75) is 32.8 Å². The first-order chi connectivity index (χ1) is 14.5. The molecule has 6 heteroatoms. The van der Waals surface area contributed by atoms with Gasteiger partial charge in [0.05, 0.1) is 5.69 Å². The first-order valence-electron chi connectivity index (χ1n) is 10.2. The summed E-state index contributed by atoms with van der Waals surface area (Å²) in [6.45, 7) is 5.09. The van der Waals surface area contributed by atoms with Gasteiger partial charge in [-0.3, -0.25) is 4.79 Å². The van der Waals surface area contributed by atoms with Crippen LogP contribution in [0.4, 0.5) is 0 Å². The summed E-state index contributed by atoms with van der Waals surface area (Å²) in [4.78, 5) is 27.3. The third-order valence-electron chi connectivity index (χ3n) is 5.33. The van der Waals surface area contributed by atoms with Gasteiger partial charge in [-0.05, 0) is 38.8 Å². The normalized spacial score (nSPS) is 14.5. The quantitative estimate of drug-likeness (QED) is 0.604. The lowest BCUT2D eigenvalue weighted by molar-refractivity contribution is -0.138. The van der Waals surface area contributed by atoms with Gasteiger partial charge in [0, 0.05) is 24.8 Å². The molecule has 0 N–H and O–H groups in total. The van der Waals surface area contributed by atoms with Crippen molar-refractivity contribution in [3.63, 3.8) is 0 Å². The number of benzene rings is 2. The molecule has 0 aliphatic carbocycles. The molecular weight excluding hydrogens is 378 g/mol. The van der Waals surface area contributed by atoms with Crippen LogP contribution >= 0.6 is 0 Å². The average Bonchev–Trinajstić information content (AvgIpc) is 3.45. The van der Waals surface area contributed by atoms with Gasteiger partial charge in [-0.25, -0.2) is 9.48 Å². The van der Waals surface area contributed by atoms with Crippen molar-refractivity contribution in [2.75, 3.05) is 13.1 Å². The zero-order chi connectivity index (χ0) is 21.1. The summed E-state index contributed by atoms with van der Waals surface area (Å²) in [7, 11) is 0. The molecule has 2 heterocycles. The molecule has 0 radical (unpaired) electrons. The maximum absolute atomic E-state index is 13.0. The highest BCUT2D eigenvalue weighted by Crippen LogP contribution is 2.25. The van der Waals surface area contributed by atoms with E-state index < -0.39 is 12.1 Å². The highest BCUT2D eigenvalue weighted by atomic mass is 16.5. The van der Waals surface area contributed by atoms with E-state index in [1.807, 2.05) is 61.5 Å². The lowest BCUT2D eigenvalue weighted by atomic mass is 10.1. The lowest BCUT2D eigenvalue weighted by Crippen LogP contribution is -2.38. The summed E-state index contributed by atoms with van der Waals surface area (Å²) in [6.07, 6.45) is 2.83. The van der Waals surface area contributed by atoms with E-state index in [1.54, 1.807) is 22.7 Å². The molecule has 6 nitrogen and oxygen atoms in total. The van der Waals surface area contributed by atoms with E-state index >= 15 is 0 Å². The number of amides is 1. The Hall–Kier alpha value is -3.41. The minimum Gasteiger partial charge on any atom is -0.449 e. The smallest absolute Gasteiger partial charge is 0.342 e. The number of carbonyl (C=O) groups excluding carboxylic acids is 2. The minimum atomic E-state index is -0.832. The fourth-order valence-electron chi connectivity index (χ4n) is 3.63. The highest BCUT2D eigenvalue weighted by Gasteiger charge is 2.28. The number of rotatable bonds is 5. The van der Waals surface area contributed by atoms with Crippen molar-refractivity contribution in [1.29, 1.82) is 0 Å². The van der Waals surface area contributed by atoms with Gasteiger partial charge in [-0.15, -0.1) is 0 Å². The van der Waals surface area contributed by atoms with E-state index in [1.165, 1.54) is 0 Å². The SMILES string of the molecule is Cc1ccc(-n2cc(C(=O)OC(C)C(=O)N3CCCC3)c(-c3ccccc3)n2)cc1. The average molecular weight is 403 g/mol. The van der Waals surface area contributed by atoms with Gasteiger partial charge in [-0.2, -0.15) is 5.10 Å². The molecule has 1 aliphatic heterocycles. The van der Waals surface area contributed by atoms with Crippen molar-refractivity contribution in [1.82, 2.24) is 14.7 Å². The first-order valence-corrected chi connectivity index (χ1v) is 10.2. The van der Waals surface area contributed by atoms with Gasteiger partial charge in [-0.1, -0.05) is 48.0 Å². The predicted octanol–water partition coefficient (Wildman–Crippen LogP) is 4.02. The van der Waals surface area contributed by atoms with E-state index in [9.17, 15) is 9.59 Å². The molecule has 3 aromatic rings. The second-order valence-electron chi connectivity index (χ2n) is 7.62. The van der Waals surface area contributed by atoms with E-state index in [-0.39, 0.29) is 5.91 Å². The molecule has 0 spiro atoms. The summed E-state index contributed by atoms with van der Waals surface area (Å²) in [5.74, 6) is -0.694. The maximum atomic E-state index is 13.0. The van der Waals surface area contributed by atoms with Gasteiger partial charge in [0.15, 0.2) is 6.10 Å². The maximum Gasteiger partial charge on any atom is 0.342 e. The Bertz CT molecular complexity index is 1040. The van der Waals surface area contributed by atoms with Crippen LogP contribution in [0.25, 0.3) is 16.9 Å². The van der Waals surface area contributed by atoms with Crippen LogP contribution in [0.15, 0.2) is 60.8 Å². The zero-order valence-electron chi connectivity index (χ0n) is 17.2. The molecule has 30 heavy (non-hydrogen) atoms. The number of esters is 1. The topological polar surface area (TPSA) is 64.4 Å². The van der Waals surface area contributed by atoms with Crippen LogP contribution in [0, 0.1) is 6.92 Å². The largest absolute Gasteiger partial charge is 0.449 e. The second-order valence-corrected chi connectivity index (χ2v) is 7.62. The zero-order valence-corrected chi connectivity index (χ0v) is 17.2. The Morgan fingerprint density at radius 2 is 1.67 bits per heavy atom. The van der Waals surface area contributed by atoms with Crippen LogP contribution in [0.1, 0.15) is 35.7 Å². The molecule has 0 bridgehead atoms. The van der Waals surface area contributed by atoms with Gasteiger partial charge in [0.25, 0.3) is 5.91 Å². The summed E-state index contributed by atoms with van der Waals surface area (Å²) in [6, 6.07) is 17.4. The third-order valence-corrected chi connectivity index (χ3v) is 5.33. The van der Waals surface area contributed by atoms with Crippen LogP contribution in [-0.4, -0.2) is 45.8 Å². The number of nitrogens with zero attached hydrogens (tertiary/aromatic N) is 3. The summed E-state index contributed by atoms with van der Waals surface area (Å²) >= 11 is 0. The van der Waals surface area contributed by atoms with Crippen molar-refractivity contribution in [2.24, 2.45) is 0 Å².